The van der Waals surface area contributed by atoms with Crippen molar-refractivity contribution in [1.29, 1.82) is 0 Å². The van der Waals surface area contributed by atoms with Gasteiger partial charge in [-0.15, -0.1) is 0 Å². The zero-order chi connectivity index (χ0) is 19.3. The van der Waals surface area contributed by atoms with Crippen LogP contribution < -0.4 is 5.32 Å². The van der Waals surface area contributed by atoms with Crippen LogP contribution in [0.5, 0.6) is 0 Å². The van der Waals surface area contributed by atoms with E-state index in [0.717, 1.165) is 27.0 Å². The number of hydrogen-bond acceptors (Lipinski definition) is 8. The van der Waals surface area contributed by atoms with Crippen molar-refractivity contribution in [3.05, 3.63) is 54.5 Å². The smallest absolute Gasteiger partial charge is 0.163 e. The number of aliphatic hydroxyl groups is 1. The van der Waals surface area contributed by atoms with E-state index in [0.29, 0.717) is 23.4 Å². The van der Waals surface area contributed by atoms with Gasteiger partial charge in [-0.25, -0.2) is 24.9 Å². The summed E-state index contributed by atoms with van der Waals surface area (Å²) in [6.07, 6.45) is 6.57. The van der Waals surface area contributed by atoms with E-state index in [2.05, 4.69) is 48.4 Å². The third-order valence-corrected chi connectivity index (χ3v) is 5.57. The largest absolute Gasteiger partial charge is 0.384 e. The van der Waals surface area contributed by atoms with Crippen LogP contribution in [-0.2, 0) is 12.1 Å². The van der Waals surface area contributed by atoms with E-state index in [1.54, 1.807) is 44.3 Å². The summed E-state index contributed by atoms with van der Waals surface area (Å²) in [7, 11) is 0. The molecule has 4 heterocycles. The minimum atomic E-state index is -1.08. The minimum absolute atomic E-state index is 0.523. The molecule has 0 atom stereocenters. The van der Waals surface area contributed by atoms with Gasteiger partial charge in [0.2, 0.25) is 0 Å². The number of aromatic nitrogens is 6. The molecule has 0 fully saturated rings. The van der Waals surface area contributed by atoms with E-state index >= 15 is 0 Å². The van der Waals surface area contributed by atoms with Crippen molar-refractivity contribution < 1.29 is 5.11 Å². The minimum Gasteiger partial charge on any atom is -0.384 e. The van der Waals surface area contributed by atoms with Crippen LogP contribution in [0.3, 0.4) is 0 Å². The SMILES string of the molecule is CC(C)(O)c1ncnc2c1ncn2Cc1ccc2c(c1)Nc1nccnc1S2. The van der Waals surface area contributed by atoms with Crippen molar-refractivity contribution in [2.24, 2.45) is 0 Å². The average molecular weight is 391 g/mol. The second-order valence-corrected chi connectivity index (χ2v) is 8.12. The lowest BCUT2D eigenvalue weighted by Gasteiger charge is -2.19. The molecule has 2 N–H and O–H groups in total. The Balaban J connectivity index is 1.48. The first-order valence-electron chi connectivity index (χ1n) is 8.76. The van der Waals surface area contributed by atoms with Gasteiger partial charge >= 0.3 is 0 Å². The summed E-state index contributed by atoms with van der Waals surface area (Å²) < 4.78 is 1.96. The van der Waals surface area contributed by atoms with Crippen LogP contribution in [0.1, 0.15) is 25.1 Å². The van der Waals surface area contributed by atoms with Gasteiger partial charge in [-0.2, -0.15) is 0 Å². The standard InChI is InChI=1S/C19H17N7OS/c1-19(2,27)15-14-17(23-9-22-15)26(10-24-14)8-11-3-4-13-12(7-11)25-16-18(28-13)21-6-5-20-16/h3-7,9-10,27H,8H2,1-2H3,(H,20,25). The first-order chi connectivity index (χ1) is 13.5. The van der Waals surface area contributed by atoms with E-state index in [9.17, 15) is 5.11 Å². The van der Waals surface area contributed by atoms with E-state index in [1.807, 2.05) is 4.57 Å². The Morgan fingerprint density at radius 3 is 2.82 bits per heavy atom. The van der Waals surface area contributed by atoms with Gasteiger partial charge < -0.3 is 15.0 Å². The Kier molecular flexibility index (Phi) is 3.81. The van der Waals surface area contributed by atoms with Crippen molar-refractivity contribution in [2.75, 3.05) is 5.32 Å². The highest BCUT2D eigenvalue weighted by Gasteiger charge is 2.24. The number of hydrogen-bond donors (Lipinski definition) is 2. The van der Waals surface area contributed by atoms with Gasteiger partial charge in [0.15, 0.2) is 11.5 Å². The third-order valence-electron chi connectivity index (χ3n) is 4.50. The summed E-state index contributed by atoms with van der Waals surface area (Å²) in [6, 6.07) is 6.26. The second-order valence-electron chi connectivity index (χ2n) is 7.09. The molecular weight excluding hydrogens is 374 g/mol. The summed E-state index contributed by atoms with van der Waals surface area (Å²) in [6.45, 7) is 3.99. The first kappa shape index (κ1) is 17.1. The molecule has 1 aromatic carbocycles. The van der Waals surface area contributed by atoms with Crippen LogP contribution in [0.15, 0.2) is 53.2 Å². The van der Waals surface area contributed by atoms with E-state index in [-0.39, 0.29) is 0 Å². The second kappa shape index (κ2) is 6.25. The van der Waals surface area contributed by atoms with Crippen molar-refractivity contribution in [3.8, 4) is 0 Å². The average Bonchev–Trinajstić information content (AvgIpc) is 3.08. The Hall–Kier alpha value is -3.04. The number of imidazole rings is 1. The summed E-state index contributed by atoms with van der Waals surface area (Å²) >= 11 is 1.60. The van der Waals surface area contributed by atoms with Crippen LogP contribution in [0.4, 0.5) is 11.5 Å². The molecule has 1 aliphatic rings. The molecule has 3 aromatic heterocycles. The van der Waals surface area contributed by atoms with Crippen molar-refractivity contribution >= 4 is 34.4 Å². The number of rotatable bonds is 3. The maximum atomic E-state index is 10.3. The molecule has 9 heteroatoms. The summed E-state index contributed by atoms with van der Waals surface area (Å²) in [4.78, 5) is 22.8. The van der Waals surface area contributed by atoms with Gasteiger partial charge in [0.1, 0.15) is 28.2 Å². The lowest BCUT2D eigenvalue weighted by atomic mass is 10.0. The fraction of sp³-hybridized carbons (Fsp3) is 0.211. The Bertz CT molecular complexity index is 1200. The molecule has 0 saturated carbocycles. The number of anilines is 2. The van der Waals surface area contributed by atoms with Crippen LogP contribution in [0.2, 0.25) is 0 Å². The molecule has 5 rings (SSSR count). The zero-order valence-corrected chi connectivity index (χ0v) is 16.1. The molecule has 0 bridgehead atoms. The lowest BCUT2D eigenvalue weighted by molar-refractivity contribution is 0.0753. The Morgan fingerprint density at radius 2 is 1.96 bits per heavy atom. The van der Waals surface area contributed by atoms with Crippen molar-refractivity contribution in [3.63, 3.8) is 0 Å². The molecule has 140 valence electrons. The molecule has 28 heavy (non-hydrogen) atoms. The molecule has 0 aliphatic carbocycles. The van der Waals surface area contributed by atoms with Crippen molar-refractivity contribution in [2.45, 2.75) is 35.9 Å². The molecule has 4 aromatic rings. The normalized spacial score (nSPS) is 13.1. The van der Waals surface area contributed by atoms with E-state index in [4.69, 9.17) is 0 Å². The predicted molar refractivity (Wildman–Crippen MR) is 106 cm³/mol. The van der Waals surface area contributed by atoms with E-state index in [1.165, 1.54) is 6.33 Å². The van der Waals surface area contributed by atoms with Gasteiger partial charge in [0.05, 0.1) is 18.6 Å². The number of benzene rings is 1. The monoisotopic (exact) mass is 391 g/mol. The topological polar surface area (TPSA) is 102 Å². The van der Waals surface area contributed by atoms with Crippen LogP contribution in [0.25, 0.3) is 11.2 Å². The molecule has 0 saturated heterocycles. The maximum Gasteiger partial charge on any atom is 0.163 e. The maximum absolute atomic E-state index is 10.3. The number of fused-ring (bicyclic) bond motifs is 3. The molecule has 0 unspecified atom stereocenters. The van der Waals surface area contributed by atoms with Crippen LogP contribution >= 0.6 is 11.8 Å². The van der Waals surface area contributed by atoms with Gasteiger partial charge in [-0.1, -0.05) is 17.8 Å². The molecule has 8 nitrogen and oxygen atoms in total. The first-order valence-corrected chi connectivity index (χ1v) is 9.58. The fourth-order valence-corrected chi connectivity index (χ4v) is 4.10. The highest BCUT2D eigenvalue weighted by molar-refractivity contribution is 7.99. The van der Waals surface area contributed by atoms with Crippen LogP contribution in [0, 0.1) is 0 Å². The van der Waals surface area contributed by atoms with Gasteiger partial charge in [-0.05, 0) is 31.5 Å². The lowest BCUT2D eigenvalue weighted by Crippen LogP contribution is -2.18. The Morgan fingerprint density at radius 1 is 1.11 bits per heavy atom. The summed E-state index contributed by atoms with van der Waals surface area (Å²) in [5.74, 6) is 0.771. The summed E-state index contributed by atoms with van der Waals surface area (Å²) in [5.41, 5.74) is 2.86. The van der Waals surface area contributed by atoms with E-state index < -0.39 is 5.60 Å². The molecular formula is C19H17N7OS. The molecule has 1 aliphatic heterocycles. The molecule has 0 radical (unpaired) electrons. The fourth-order valence-electron chi connectivity index (χ4n) is 3.22. The number of nitrogens with zero attached hydrogens (tertiary/aromatic N) is 6. The number of nitrogens with one attached hydrogen (secondary N) is 1. The van der Waals surface area contributed by atoms with Gasteiger partial charge in [0.25, 0.3) is 0 Å². The zero-order valence-electron chi connectivity index (χ0n) is 15.3. The van der Waals surface area contributed by atoms with Crippen LogP contribution in [-0.4, -0.2) is 34.6 Å². The highest BCUT2D eigenvalue weighted by Crippen LogP contribution is 2.42. The quantitative estimate of drug-likeness (QED) is 0.484. The van der Waals surface area contributed by atoms with Gasteiger partial charge in [0, 0.05) is 17.3 Å². The Labute approximate surface area is 165 Å². The van der Waals surface area contributed by atoms with Gasteiger partial charge in [-0.3, -0.25) is 0 Å². The molecule has 0 spiro atoms. The van der Waals surface area contributed by atoms with Crippen molar-refractivity contribution in [1.82, 2.24) is 29.5 Å². The summed E-state index contributed by atoms with van der Waals surface area (Å²) in [5, 5.41) is 14.6. The third kappa shape index (κ3) is 2.88. The highest BCUT2D eigenvalue weighted by atomic mass is 32.2. The molecule has 0 amide bonds. The predicted octanol–water partition coefficient (Wildman–Crippen LogP) is 3.10.